The van der Waals surface area contributed by atoms with Crippen molar-refractivity contribution < 1.29 is 18.3 Å². The summed E-state index contributed by atoms with van der Waals surface area (Å²) in [6, 6.07) is 0. The summed E-state index contributed by atoms with van der Waals surface area (Å²) in [5.74, 6) is 0. The van der Waals surface area contributed by atoms with Gasteiger partial charge in [-0.1, -0.05) is 19.3 Å². The first kappa shape index (κ1) is 14.9. The van der Waals surface area contributed by atoms with Crippen molar-refractivity contribution in [3.8, 4) is 0 Å². The minimum Gasteiger partial charge on any atom is -0.386 e. The summed E-state index contributed by atoms with van der Waals surface area (Å²) in [6.07, 6.45) is 4.51. The molecule has 1 rings (SSSR count). The molecule has 0 saturated heterocycles. The van der Waals surface area contributed by atoms with E-state index in [2.05, 4.69) is 4.72 Å². The van der Waals surface area contributed by atoms with Crippen molar-refractivity contribution >= 4 is 10.0 Å². The minimum atomic E-state index is -3.30. The third kappa shape index (κ3) is 4.91. The van der Waals surface area contributed by atoms with Crippen LogP contribution in [-0.2, 0) is 14.8 Å². The monoisotopic (exact) mass is 265 g/mol. The Labute approximate surface area is 104 Å². The van der Waals surface area contributed by atoms with Gasteiger partial charge in [0, 0.05) is 13.7 Å². The van der Waals surface area contributed by atoms with E-state index in [1.165, 1.54) is 7.11 Å². The van der Waals surface area contributed by atoms with Gasteiger partial charge in [0.1, 0.15) is 0 Å². The Bertz CT molecular complexity index is 320. The third-order valence-corrected chi connectivity index (χ3v) is 5.00. The Kier molecular flexibility index (Phi) is 5.37. The standard InChI is InChI=1S/C11H23NO4S/c1-11(13,9-16-2)8-12-17(14,15)10-6-4-3-5-7-10/h10,12-13H,3-9H2,1-2H3. The Balaban J connectivity index is 2.49. The molecule has 1 saturated carbocycles. The summed E-state index contributed by atoms with van der Waals surface area (Å²) in [6.45, 7) is 1.67. The second-order valence-corrected chi connectivity index (χ2v) is 7.10. The van der Waals surface area contributed by atoms with Crippen molar-refractivity contribution in [1.82, 2.24) is 4.72 Å². The fourth-order valence-electron chi connectivity index (χ4n) is 2.11. The van der Waals surface area contributed by atoms with Crippen LogP contribution >= 0.6 is 0 Å². The zero-order valence-corrected chi connectivity index (χ0v) is 11.4. The van der Waals surface area contributed by atoms with Gasteiger partial charge in [0.05, 0.1) is 17.5 Å². The largest absolute Gasteiger partial charge is 0.386 e. The molecule has 0 aliphatic heterocycles. The van der Waals surface area contributed by atoms with E-state index < -0.39 is 15.6 Å². The van der Waals surface area contributed by atoms with Gasteiger partial charge < -0.3 is 9.84 Å². The molecule has 0 heterocycles. The normalized spacial score (nSPS) is 22.3. The number of rotatable bonds is 6. The van der Waals surface area contributed by atoms with E-state index >= 15 is 0 Å². The second kappa shape index (κ2) is 6.13. The second-order valence-electron chi connectivity index (χ2n) is 5.06. The molecule has 17 heavy (non-hydrogen) atoms. The van der Waals surface area contributed by atoms with Crippen molar-refractivity contribution in [2.75, 3.05) is 20.3 Å². The zero-order chi connectivity index (χ0) is 12.9. The summed E-state index contributed by atoms with van der Waals surface area (Å²) in [4.78, 5) is 0. The van der Waals surface area contributed by atoms with Gasteiger partial charge in [0.15, 0.2) is 0 Å². The van der Waals surface area contributed by atoms with E-state index in [1.807, 2.05) is 0 Å². The van der Waals surface area contributed by atoms with Crippen LogP contribution in [0.1, 0.15) is 39.0 Å². The molecule has 0 aromatic rings. The highest BCUT2D eigenvalue weighted by molar-refractivity contribution is 7.90. The molecule has 0 amide bonds. The average Bonchev–Trinajstić information content (AvgIpc) is 2.28. The first-order valence-electron chi connectivity index (χ1n) is 6.07. The number of aliphatic hydroxyl groups is 1. The Morgan fingerprint density at radius 2 is 1.94 bits per heavy atom. The van der Waals surface area contributed by atoms with Gasteiger partial charge in [0.2, 0.25) is 10.0 Å². The van der Waals surface area contributed by atoms with Gasteiger partial charge >= 0.3 is 0 Å². The molecule has 1 aliphatic carbocycles. The molecule has 102 valence electrons. The Morgan fingerprint density at radius 1 is 1.35 bits per heavy atom. The molecule has 5 nitrogen and oxygen atoms in total. The van der Waals surface area contributed by atoms with Gasteiger partial charge in [0.25, 0.3) is 0 Å². The van der Waals surface area contributed by atoms with Crippen LogP contribution in [0.4, 0.5) is 0 Å². The van der Waals surface area contributed by atoms with Crippen LogP contribution in [0.3, 0.4) is 0 Å². The fourth-order valence-corrected chi connectivity index (χ4v) is 3.81. The zero-order valence-electron chi connectivity index (χ0n) is 10.6. The van der Waals surface area contributed by atoms with Crippen LogP contribution in [0.5, 0.6) is 0 Å². The number of methoxy groups -OCH3 is 1. The van der Waals surface area contributed by atoms with Crippen LogP contribution in [-0.4, -0.2) is 44.6 Å². The molecule has 0 aromatic heterocycles. The maximum Gasteiger partial charge on any atom is 0.214 e. The lowest BCUT2D eigenvalue weighted by atomic mass is 10.0. The first-order chi connectivity index (χ1) is 7.87. The van der Waals surface area contributed by atoms with Gasteiger partial charge in [-0.05, 0) is 19.8 Å². The smallest absolute Gasteiger partial charge is 0.214 e. The van der Waals surface area contributed by atoms with Gasteiger partial charge in [-0.3, -0.25) is 0 Å². The summed E-state index contributed by atoms with van der Waals surface area (Å²) in [5, 5.41) is 9.53. The molecular formula is C11H23NO4S. The number of nitrogens with one attached hydrogen (secondary N) is 1. The lowest BCUT2D eigenvalue weighted by molar-refractivity contribution is -0.0120. The average molecular weight is 265 g/mol. The molecule has 0 radical (unpaired) electrons. The molecule has 1 fully saturated rings. The molecule has 0 aromatic carbocycles. The number of sulfonamides is 1. The maximum atomic E-state index is 12.0. The summed E-state index contributed by atoms with van der Waals surface area (Å²) in [5.41, 5.74) is -1.16. The van der Waals surface area contributed by atoms with Crippen LogP contribution < -0.4 is 4.72 Å². The number of hydrogen-bond donors (Lipinski definition) is 2. The summed E-state index contributed by atoms with van der Waals surface area (Å²) in [7, 11) is -1.82. The lowest BCUT2D eigenvalue weighted by Gasteiger charge is -2.26. The number of hydrogen-bond acceptors (Lipinski definition) is 4. The summed E-state index contributed by atoms with van der Waals surface area (Å²) >= 11 is 0. The van der Waals surface area contributed by atoms with Gasteiger partial charge in [-0.15, -0.1) is 0 Å². The molecule has 6 heteroatoms. The highest BCUT2D eigenvalue weighted by Gasteiger charge is 2.29. The van der Waals surface area contributed by atoms with E-state index in [9.17, 15) is 13.5 Å². The molecule has 0 spiro atoms. The van der Waals surface area contributed by atoms with Crippen molar-refractivity contribution in [2.24, 2.45) is 0 Å². The first-order valence-corrected chi connectivity index (χ1v) is 7.62. The molecule has 2 N–H and O–H groups in total. The predicted molar refractivity (Wildman–Crippen MR) is 66.3 cm³/mol. The van der Waals surface area contributed by atoms with Crippen molar-refractivity contribution in [3.63, 3.8) is 0 Å². The van der Waals surface area contributed by atoms with Gasteiger partial charge in [-0.25, -0.2) is 13.1 Å². The fraction of sp³-hybridized carbons (Fsp3) is 1.00. The van der Waals surface area contributed by atoms with E-state index in [1.54, 1.807) is 6.92 Å². The highest BCUT2D eigenvalue weighted by Crippen LogP contribution is 2.23. The predicted octanol–water partition coefficient (Wildman–Crippen LogP) is 0.636. The highest BCUT2D eigenvalue weighted by atomic mass is 32.2. The Morgan fingerprint density at radius 3 is 2.47 bits per heavy atom. The summed E-state index contributed by atoms with van der Waals surface area (Å²) < 4.78 is 31.3. The molecule has 1 unspecified atom stereocenters. The molecule has 1 atom stereocenters. The lowest BCUT2D eigenvalue weighted by Crippen LogP contribution is -2.46. The third-order valence-electron chi connectivity index (χ3n) is 3.10. The Hall–Kier alpha value is -0.170. The van der Waals surface area contributed by atoms with Crippen LogP contribution in [0, 0.1) is 0 Å². The maximum absolute atomic E-state index is 12.0. The van der Waals surface area contributed by atoms with Crippen molar-refractivity contribution in [1.29, 1.82) is 0 Å². The molecular weight excluding hydrogens is 242 g/mol. The van der Waals surface area contributed by atoms with E-state index in [0.717, 1.165) is 32.1 Å². The van der Waals surface area contributed by atoms with Gasteiger partial charge in [-0.2, -0.15) is 0 Å². The minimum absolute atomic E-state index is 0.000324. The molecule has 0 bridgehead atoms. The number of ether oxygens (including phenoxy) is 1. The van der Waals surface area contributed by atoms with E-state index in [4.69, 9.17) is 4.74 Å². The van der Waals surface area contributed by atoms with Crippen molar-refractivity contribution in [2.45, 2.75) is 49.9 Å². The topological polar surface area (TPSA) is 75.6 Å². The van der Waals surface area contributed by atoms with Crippen LogP contribution in [0.15, 0.2) is 0 Å². The van der Waals surface area contributed by atoms with Crippen molar-refractivity contribution in [3.05, 3.63) is 0 Å². The van der Waals surface area contributed by atoms with Crippen LogP contribution in [0.2, 0.25) is 0 Å². The molecule has 1 aliphatic rings. The quantitative estimate of drug-likeness (QED) is 0.739. The van der Waals surface area contributed by atoms with E-state index in [-0.39, 0.29) is 18.4 Å². The SMILES string of the molecule is COCC(C)(O)CNS(=O)(=O)C1CCCCC1. The van der Waals surface area contributed by atoms with Crippen LogP contribution in [0.25, 0.3) is 0 Å². The van der Waals surface area contributed by atoms with E-state index in [0.29, 0.717) is 0 Å².